The summed E-state index contributed by atoms with van der Waals surface area (Å²) in [6.45, 7) is 2.88. The molecule has 0 spiro atoms. The van der Waals surface area contributed by atoms with Gasteiger partial charge in [-0.3, -0.25) is 9.69 Å². The molecule has 5 nitrogen and oxygen atoms in total. The Hall–Kier alpha value is -0.560. The van der Waals surface area contributed by atoms with Crippen LogP contribution in [0, 0.1) is 0 Å². The molecular weight excluding hydrogens is 298 g/mol. The van der Waals surface area contributed by atoms with Gasteiger partial charge in [0.25, 0.3) is 0 Å². The lowest BCUT2D eigenvalue weighted by Gasteiger charge is -2.33. The summed E-state index contributed by atoms with van der Waals surface area (Å²) in [6, 6.07) is -0.0524. The summed E-state index contributed by atoms with van der Waals surface area (Å²) in [5, 5.41) is 10.4. The van der Waals surface area contributed by atoms with Crippen LogP contribution in [0.5, 0.6) is 0 Å². The summed E-state index contributed by atoms with van der Waals surface area (Å²) < 4.78 is 0. The normalized spacial score (nSPS) is 31.0. The third-order valence-electron chi connectivity index (χ3n) is 5.05. The highest BCUT2D eigenvalue weighted by molar-refractivity contribution is 8.04. The molecule has 22 heavy (non-hydrogen) atoms. The van der Waals surface area contributed by atoms with Gasteiger partial charge in [-0.1, -0.05) is 5.57 Å². The monoisotopic (exact) mass is 325 g/mol. The Morgan fingerprint density at radius 2 is 2.18 bits per heavy atom. The molecule has 3 atom stereocenters. The molecular formula is C16H27N3O2S. The number of thioether (sulfide) groups is 1. The first-order valence-corrected chi connectivity index (χ1v) is 9.06. The van der Waals surface area contributed by atoms with Gasteiger partial charge in [-0.2, -0.15) is 0 Å². The topological polar surface area (TPSA) is 47.0 Å². The van der Waals surface area contributed by atoms with Crippen LogP contribution in [0.15, 0.2) is 10.5 Å². The van der Waals surface area contributed by atoms with E-state index < -0.39 is 6.23 Å². The van der Waals surface area contributed by atoms with Crippen LogP contribution in [0.1, 0.15) is 25.7 Å². The van der Waals surface area contributed by atoms with Gasteiger partial charge < -0.3 is 14.9 Å². The predicted molar refractivity (Wildman–Crippen MR) is 89.6 cm³/mol. The molecule has 1 N–H and O–H groups in total. The summed E-state index contributed by atoms with van der Waals surface area (Å²) in [6.07, 6.45) is 3.35. The molecule has 0 bridgehead atoms. The SMILES string of the molecule is CN1CCC2=C(C1)SC(C(=O)N1CCC[C@H]1C(O)N(C)C)C2. The van der Waals surface area contributed by atoms with Crippen molar-refractivity contribution in [3.63, 3.8) is 0 Å². The van der Waals surface area contributed by atoms with Crippen LogP contribution in [0.2, 0.25) is 0 Å². The van der Waals surface area contributed by atoms with Gasteiger partial charge >= 0.3 is 0 Å². The van der Waals surface area contributed by atoms with Gasteiger partial charge in [0.05, 0.1) is 11.3 Å². The van der Waals surface area contributed by atoms with Gasteiger partial charge in [-0.25, -0.2) is 0 Å². The zero-order chi connectivity index (χ0) is 15.9. The molecule has 1 amide bonds. The number of hydrogen-bond donors (Lipinski definition) is 1. The molecule has 0 aromatic rings. The number of likely N-dealkylation sites (tertiary alicyclic amines) is 1. The summed E-state index contributed by atoms with van der Waals surface area (Å²) in [5.74, 6) is 0.227. The largest absolute Gasteiger partial charge is 0.376 e. The first kappa shape index (κ1) is 16.3. The van der Waals surface area contributed by atoms with E-state index in [4.69, 9.17) is 0 Å². The second-order valence-electron chi connectivity index (χ2n) is 6.94. The fourth-order valence-corrected chi connectivity index (χ4v) is 5.23. The van der Waals surface area contributed by atoms with Crippen molar-refractivity contribution in [1.82, 2.24) is 14.7 Å². The lowest BCUT2D eigenvalue weighted by atomic mass is 10.0. The van der Waals surface area contributed by atoms with Gasteiger partial charge in [-0.15, -0.1) is 11.8 Å². The van der Waals surface area contributed by atoms with Crippen LogP contribution in [-0.4, -0.2) is 84.0 Å². The van der Waals surface area contributed by atoms with E-state index in [1.54, 1.807) is 16.7 Å². The van der Waals surface area contributed by atoms with E-state index in [-0.39, 0.29) is 17.2 Å². The van der Waals surface area contributed by atoms with Gasteiger partial charge in [-0.05, 0) is 51.7 Å². The highest BCUT2D eigenvalue weighted by Gasteiger charge is 2.40. The van der Waals surface area contributed by atoms with Crippen LogP contribution < -0.4 is 0 Å². The third kappa shape index (κ3) is 3.07. The smallest absolute Gasteiger partial charge is 0.236 e. The lowest BCUT2D eigenvalue weighted by molar-refractivity contribution is -0.136. The minimum Gasteiger partial charge on any atom is -0.376 e. The van der Waals surface area contributed by atoms with Crippen molar-refractivity contribution in [2.24, 2.45) is 0 Å². The Kier molecular flexibility index (Phi) is 4.83. The average Bonchev–Trinajstić information content (AvgIpc) is 3.11. The number of aliphatic hydroxyl groups excluding tert-OH is 1. The number of hydrogen-bond acceptors (Lipinski definition) is 5. The molecule has 1 saturated heterocycles. The van der Waals surface area contributed by atoms with Gasteiger partial charge in [0.2, 0.25) is 5.91 Å². The Morgan fingerprint density at radius 3 is 2.91 bits per heavy atom. The van der Waals surface area contributed by atoms with Crippen molar-refractivity contribution in [3.05, 3.63) is 10.5 Å². The maximum Gasteiger partial charge on any atom is 0.236 e. The van der Waals surface area contributed by atoms with Crippen LogP contribution in [0.25, 0.3) is 0 Å². The highest BCUT2D eigenvalue weighted by atomic mass is 32.2. The standard InChI is InChI=1S/C16H27N3O2S/c1-17(2)15(20)12-5-4-7-19(12)16(21)13-9-11-6-8-18(3)10-14(11)22-13/h12-13,15,20H,4-10H2,1-3H3/t12-,13?,15?/m0/s1. The van der Waals surface area contributed by atoms with E-state index in [2.05, 4.69) is 11.9 Å². The van der Waals surface area contributed by atoms with Crippen molar-refractivity contribution in [2.45, 2.75) is 43.2 Å². The fraction of sp³-hybridized carbons (Fsp3) is 0.812. The van der Waals surface area contributed by atoms with Crippen LogP contribution >= 0.6 is 11.8 Å². The molecule has 0 aromatic heterocycles. The summed E-state index contributed by atoms with van der Waals surface area (Å²) >= 11 is 1.77. The maximum absolute atomic E-state index is 12.9. The number of carbonyl (C=O) groups is 1. The summed E-state index contributed by atoms with van der Waals surface area (Å²) in [4.78, 5) is 20.4. The molecule has 1 fully saturated rings. The first-order chi connectivity index (χ1) is 10.5. The molecule has 0 radical (unpaired) electrons. The second-order valence-corrected chi connectivity index (χ2v) is 8.24. The van der Waals surface area contributed by atoms with E-state index >= 15 is 0 Å². The van der Waals surface area contributed by atoms with Crippen molar-refractivity contribution in [1.29, 1.82) is 0 Å². The molecule has 0 aliphatic carbocycles. The Morgan fingerprint density at radius 1 is 1.41 bits per heavy atom. The van der Waals surface area contributed by atoms with Crippen LogP contribution in [0.4, 0.5) is 0 Å². The van der Waals surface area contributed by atoms with Crippen molar-refractivity contribution >= 4 is 17.7 Å². The lowest BCUT2D eigenvalue weighted by Crippen LogP contribution is -2.50. The van der Waals surface area contributed by atoms with E-state index in [1.165, 1.54) is 10.5 Å². The maximum atomic E-state index is 12.9. The van der Waals surface area contributed by atoms with Gasteiger partial charge in [0.1, 0.15) is 6.23 Å². The molecule has 3 aliphatic heterocycles. The Labute approximate surface area is 137 Å². The average molecular weight is 325 g/mol. The second kappa shape index (κ2) is 6.51. The molecule has 3 rings (SSSR count). The zero-order valence-electron chi connectivity index (χ0n) is 13.8. The summed E-state index contributed by atoms with van der Waals surface area (Å²) in [5.41, 5.74) is 1.49. The molecule has 2 unspecified atom stereocenters. The Balaban J connectivity index is 1.65. The quantitative estimate of drug-likeness (QED) is 0.783. The number of nitrogens with zero attached hydrogens (tertiary/aromatic N) is 3. The number of rotatable bonds is 3. The number of likely N-dealkylation sites (N-methyl/N-ethyl adjacent to an activating group) is 2. The van der Waals surface area contributed by atoms with Crippen molar-refractivity contribution < 1.29 is 9.90 Å². The van der Waals surface area contributed by atoms with Gasteiger partial charge in [0, 0.05) is 19.6 Å². The predicted octanol–water partition coefficient (Wildman–Crippen LogP) is 0.953. The van der Waals surface area contributed by atoms with Crippen molar-refractivity contribution in [3.8, 4) is 0 Å². The number of aliphatic hydroxyl groups is 1. The van der Waals surface area contributed by atoms with Crippen LogP contribution in [-0.2, 0) is 4.79 Å². The zero-order valence-corrected chi connectivity index (χ0v) is 14.6. The molecule has 0 aromatic carbocycles. The van der Waals surface area contributed by atoms with Gasteiger partial charge in [0.15, 0.2) is 0 Å². The molecule has 3 aliphatic rings. The summed E-state index contributed by atoms with van der Waals surface area (Å²) in [7, 11) is 5.88. The minimum atomic E-state index is -0.563. The number of carbonyl (C=O) groups excluding carboxylic acids is 1. The van der Waals surface area contributed by atoms with Crippen molar-refractivity contribution in [2.75, 3.05) is 40.8 Å². The molecule has 3 heterocycles. The van der Waals surface area contributed by atoms with E-state index in [9.17, 15) is 9.90 Å². The fourth-order valence-electron chi connectivity index (χ4n) is 3.72. The first-order valence-electron chi connectivity index (χ1n) is 8.18. The third-order valence-corrected chi connectivity index (χ3v) is 6.41. The van der Waals surface area contributed by atoms with E-state index in [0.29, 0.717) is 0 Å². The molecule has 0 saturated carbocycles. The molecule has 124 valence electrons. The highest BCUT2D eigenvalue weighted by Crippen LogP contribution is 2.43. The number of amides is 1. The minimum absolute atomic E-state index is 0.0338. The van der Waals surface area contributed by atoms with E-state index in [1.807, 2.05) is 19.0 Å². The molecule has 6 heteroatoms. The van der Waals surface area contributed by atoms with Crippen LogP contribution in [0.3, 0.4) is 0 Å². The Bertz CT molecular complexity index is 480. The van der Waals surface area contributed by atoms with E-state index in [0.717, 1.165) is 45.3 Å².